The minimum atomic E-state index is -1.28. The lowest BCUT2D eigenvalue weighted by Crippen LogP contribution is -2.34. The van der Waals surface area contributed by atoms with Crippen molar-refractivity contribution in [2.75, 3.05) is 6.54 Å². The molecule has 0 aromatic heterocycles. The van der Waals surface area contributed by atoms with Crippen molar-refractivity contribution < 1.29 is 20.1 Å². The van der Waals surface area contributed by atoms with Crippen molar-refractivity contribution in [3.8, 4) is 5.75 Å². The molecule has 0 heterocycles. The van der Waals surface area contributed by atoms with Crippen molar-refractivity contribution in [1.82, 2.24) is 5.32 Å². The van der Waals surface area contributed by atoms with Crippen LogP contribution in [-0.2, 0) is 4.79 Å². The Labute approximate surface area is 104 Å². The summed E-state index contributed by atoms with van der Waals surface area (Å²) < 4.78 is 0. The number of carbonyl (C=O) groups excluding carboxylic acids is 1. The Kier molecular flexibility index (Phi) is 4.74. The molecule has 1 amide bonds. The number of aliphatic hydroxyl groups is 2. The van der Waals surface area contributed by atoms with Gasteiger partial charge >= 0.3 is 0 Å². The number of amides is 1. The largest absolute Gasteiger partial charge is 0.508 e. The summed E-state index contributed by atoms with van der Waals surface area (Å²) in [6.07, 6.45) is -2.47. The lowest BCUT2D eigenvalue weighted by atomic mass is 10.0. The van der Waals surface area contributed by atoms with Crippen LogP contribution in [0.2, 0.25) is 5.02 Å². The van der Waals surface area contributed by atoms with Gasteiger partial charge in [0.1, 0.15) is 18.0 Å². The summed E-state index contributed by atoms with van der Waals surface area (Å²) in [5.41, 5.74) is 0.213. The van der Waals surface area contributed by atoms with Crippen LogP contribution in [0.15, 0.2) is 18.2 Å². The summed E-state index contributed by atoms with van der Waals surface area (Å²) in [5, 5.41) is 31.3. The van der Waals surface area contributed by atoms with Gasteiger partial charge in [0.15, 0.2) is 0 Å². The monoisotopic (exact) mass is 259 g/mol. The average molecular weight is 260 g/mol. The Balaban J connectivity index is 2.77. The molecule has 0 radical (unpaired) electrons. The van der Waals surface area contributed by atoms with Crippen molar-refractivity contribution in [3.05, 3.63) is 28.8 Å². The summed E-state index contributed by atoms with van der Waals surface area (Å²) in [5.74, 6) is -0.367. The standard InChI is InChI=1S/C11H14ClNO4/c1-6(14)13-5-10(16)11(17)8-4-7(15)2-3-9(8)12/h2-4,10-11,15-17H,5H2,1H3,(H,13,14). The maximum absolute atomic E-state index is 10.7. The number of hydrogen-bond donors (Lipinski definition) is 4. The number of benzene rings is 1. The van der Waals surface area contributed by atoms with Gasteiger partial charge in [0.2, 0.25) is 5.91 Å². The number of rotatable bonds is 4. The maximum atomic E-state index is 10.7. The molecule has 4 N–H and O–H groups in total. The van der Waals surface area contributed by atoms with Gasteiger partial charge in [-0.05, 0) is 18.2 Å². The minimum Gasteiger partial charge on any atom is -0.508 e. The van der Waals surface area contributed by atoms with Gasteiger partial charge in [0.25, 0.3) is 0 Å². The van der Waals surface area contributed by atoms with Gasteiger partial charge in [-0.15, -0.1) is 0 Å². The van der Waals surface area contributed by atoms with E-state index in [-0.39, 0.29) is 28.8 Å². The van der Waals surface area contributed by atoms with E-state index in [1.54, 1.807) is 0 Å². The fourth-order valence-electron chi connectivity index (χ4n) is 1.32. The van der Waals surface area contributed by atoms with Gasteiger partial charge in [-0.3, -0.25) is 4.79 Å². The molecule has 0 saturated carbocycles. The molecule has 0 aliphatic rings. The molecular formula is C11H14ClNO4. The first-order valence-electron chi connectivity index (χ1n) is 5.00. The quantitative estimate of drug-likeness (QED) is 0.637. The summed E-state index contributed by atoms with van der Waals surface area (Å²) in [6.45, 7) is 1.21. The first-order chi connectivity index (χ1) is 7.91. The lowest BCUT2D eigenvalue weighted by molar-refractivity contribution is -0.119. The molecule has 6 heteroatoms. The number of carbonyl (C=O) groups is 1. The second-order valence-corrected chi connectivity index (χ2v) is 4.06. The third-order valence-electron chi connectivity index (χ3n) is 2.22. The smallest absolute Gasteiger partial charge is 0.216 e. The summed E-state index contributed by atoms with van der Waals surface area (Å²) in [6, 6.07) is 4.06. The fourth-order valence-corrected chi connectivity index (χ4v) is 1.55. The third-order valence-corrected chi connectivity index (χ3v) is 2.57. The summed E-state index contributed by atoms with van der Waals surface area (Å²) >= 11 is 5.83. The Hall–Kier alpha value is -1.30. The van der Waals surface area contributed by atoms with Crippen LogP contribution in [0, 0.1) is 0 Å². The molecule has 1 aromatic carbocycles. The zero-order valence-electron chi connectivity index (χ0n) is 9.22. The Morgan fingerprint density at radius 1 is 1.47 bits per heavy atom. The van der Waals surface area contributed by atoms with Gasteiger partial charge in [-0.25, -0.2) is 0 Å². The van der Waals surface area contributed by atoms with E-state index in [1.165, 1.54) is 25.1 Å². The van der Waals surface area contributed by atoms with Crippen LogP contribution in [0.3, 0.4) is 0 Å². The number of phenolic OH excluding ortho intramolecular Hbond substituents is 1. The predicted molar refractivity (Wildman–Crippen MR) is 62.8 cm³/mol. The van der Waals surface area contributed by atoms with E-state index in [9.17, 15) is 20.1 Å². The summed E-state index contributed by atoms with van der Waals surface area (Å²) in [7, 11) is 0. The molecule has 0 spiro atoms. The molecule has 1 aromatic rings. The highest BCUT2D eigenvalue weighted by molar-refractivity contribution is 6.31. The molecule has 17 heavy (non-hydrogen) atoms. The molecule has 2 unspecified atom stereocenters. The molecule has 0 saturated heterocycles. The zero-order valence-corrected chi connectivity index (χ0v) is 9.98. The fraction of sp³-hybridized carbons (Fsp3) is 0.364. The third kappa shape index (κ3) is 3.89. The van der Waals surface area contributed by atoms with E-state index >= 15 is 0 Å². The SMILES string of the molecule is CC(=O)NCC(O)C(O)c1cc(O)ccc1Cl. The molecule has 0 bridgehead atoms. The van der Waals surface area contributed by atoms with E-state index in [0.29, 0.717) is 0 Å². The lowest BCUT2D eigenvalue weighted by Gasteiger charge is -2.19. The van der Waals surface area contributed by atoms with E-state index in [0.717, 1.165) is 0 Å². The molecule has 0 aliphatic carbocycles. The van der Waals surface area contributed by atoms with Crippen molar-refractivity contribution >= 4 is 17.5 Å². The second-order valence-electron chi connectivity index (χ2n) is 3.66. The normalized spacial score (nSPS) is 14.1. The molecule has 0 fully saturated rings. The van der Waals surface area contributed by atoms with Crippen LogP contribution in [0.1, 0.15) is 18.6 Å². The van der Waals surface area contributed by atoms with Crippen LogP contribution in [-0.4, -0.2) is 33.9 Å². The topological polar surface area (TPSA) is 89.8 Å². The predicted octanol–water partition coefficient (Wildman–Crippen LogP) is 0.576. The molecule has 2 atom stereocenters. The number of aliphatic hydroxyl groups excluding tert-OH is 2. The van der Waals surface area contributed by atoms with Crippen molar-refractivity contribution in [2.24, 2.45) is 0 Å². The van der Waals surface area contributed by atoms with Crippen LogP contribution < -0.4 is 5.32 Å². The van der Waals surface area contributed by atoms with E-state index < -0.39 is 12.2 Å². The Morgan fingerprint density at radius 3 is 2.71 bits per heavy atom. The maximum Gasteiger partial charge on any atom is 0.216 e. The number of phenols is 1. The molecule has 0 aliphatic heterocycles. The molecular weight excluding hydrogens is 246 g/mol. The first-order valence-corrected chi connectivity index (χ1v) is 5.38. The molecule has 5 nitrogen and oxygen atoms in total. The zero-order chi connectivity index (χ0) is 13.0. The minimum absolute atomic E-state index is 0.0600. The van der Waals surface area contributed by atoms with Crippen molar-refractivity contribution in [2.45, 2.75) is 19.1 Å². The van der Waals surface area contributed by atoms with E-state index in [4.69, 9.17) is 11.6 Å². The number of halogens is 1. The van der Waals surface area contributed by atoms with Gasteiger partial charge in [-0.1, -0.05) is 11.6 Å². The highest BCUT2D eigenvalue weighted by atomic mass is 35.5. The first kappa shape index (κ1) is 13.8. The summed E-state index contributed by atoms with van der Waals surface area (Å²) in [4.78, 5) is 10.7. The highest BCUT2D eigenvalue weighted by Gasteiger charge is 2.21. The average Bonchev–Trinajstić information content (AvgIpc) is 2.28. The van der Waals surface area contributed by atoms with Gasteiger partial charge in [0.05, 0.1) is 0 Å². The highest BCUT2D eigenvalue weighted by Crippen LogP contribution is 2.28. The Morgan fingerprint density at radius 2 is 2.12 bits per heavy atom. The molecule has 1 rings (SSSR count). The van der Waals surface area contributed by atoms with Gasteiger partial charge in [-0.2, -0.15) is 0 Å². The van der Waals surface area contributed by atoms with Crippen LogP contribution >= 0.6 is 11.6 Å². The van der Waals surface area contributed by atoms with Crippen molar-refractivity contribution in [1.29, 1.82) is 0 Å². The van der Waals surface area contributed by atoms with Crippen LogP contribution in [0.4, 0.5) is 0 Å². The molecule has 94 valence electrons. The number of nitrogens with one attached hydrogen (secondary N) is 1. The van der Waals surface area contributed by atoms with Gasteiger partial charge < -0.3 is 20.6 Å². The van der Waals surface area contributed by atoms with Crippen LogP contribution in [0.5, 0.6) is 5.75 Å². The van der Waals surface area contributed by atoms with E-state index in [1.807, 2.05) is 0 Å². The van der Waals surface area contributed by atoms with Crippen LogP contribution in [0.25, 0.3) is 0 Å². The number of hydrogen-bond acceptors (Lipinski definition) is 4. The van der Waals surface area contributed by atoms with Gasteiger partial charge in [0, 0.05) is 24.1 Å². The van der Waals surface area contributed by atoms with E-state index in [2.05, 4.69) is 5.32 Å². The second kappa shape index (κ2) is 5.86. The number of aromatic hydroxyl groups is 1. The Bertz CT molecular complexity index is 410. The van der Waals surface area contributed by atoms with Crippen molar-refractivity contribution in [3.63, 3.8) is 0 Å².